The van der Waals surface area contributed by atoms with Crippen molar-refractivity contribution < 1.29 is 9.13 Å². The number of pyridine rings is 1. The molecule has 0 unspecified atom stereocenters. The Labute approximate surface area is 184 Å². The molecule has 0 spiro atoms. The molecule has 6 rings (SSSR count). The third kappa shape index (κ3) is 3.32. The minimum Gasteiger partial charge on any atom is -0.485 e. The maximum atomic E-state index is 14.1. The monoisotopic (exact) mass is 430 g/mol. The average Bonchev–Trinajstić information content (AvgIpc) is 3.39. The Morgan fingerprint density at radius 3 is 2.88 bits per heavy atom. The van der Waals surface area contributed by atoms with Gasteiger partial charge in [-0.3, -0.25) is 9.36 Å². The van der Waals surface area contributed by atoms with E-state index in [-0.39, 0.29) is 12.4 Å². The quantitative estimate of drug-likeness (QED) is 0.520. The van der Waals surface area contributed by atoms with Gasteiger partial charge in [0.15, 0.2) is 11.6 Å². The van der Waals surface area contributed by atoms with Crippen LogP contribution in [-0.2, 0) is 26.6 Å². The molecular weight excluding hydrogens is 407 g/mol. The van der Waals surface area contributed by atoms with E-state index in [4.69, 9.17) is 20.7 Å². The van der Waals surface area contributed by atoms with Crippen LogP contribution < -0.4 is 10.5 Å². The number of ether oxygens (including phenoxy) is 1. The van der Waals surface area contributed by atoms with Crippen LogP contribution in [0.3, 0.4) is 0 Å². The Hall–Kier alpha value is -3.68. The zero-order valence-corrected chi connectivity index (χ0v) is 17.8. The van der Waals surface area contributed by atoms with Crippen LogP contribution in [0.4, 0.5) is 10.2 Å². The molecule has 7 nitrogen and oxygen atoms in total. The smallest absolute Gasteiger partial charge is 0.166 e. The zero-order valence-electron chi connectivity index (χ0n) is 17.8. The SMILES string of the molecule is Cn1cc2c(n1)-c1ccc(F)cc1COc1cc(cnc1N)-c1c(cnn1CC1CC1)C2. The number of aromatic nitrogens is 5. The second-order valence-electron chi connectivity index (χ2n) is 8.69. The van der Waals surface area contributed by atoms with Crippen molar-refractivity contribution in [3.05, 3.63) is 65.4 Å². The molecule has 0 radical (unpaired) electrons. The predicted molar refractivity (Wildman–Crippen MR) is 118 cm³/mol. The number of hydrogen-bond donors (Lipinski definition) is 1. The van der Waals surface area contributed by atoms with E-state index in [9.17, 15) is 4.39 Å². The van der Waals surface area contributed by atoms with Crippen LogP contribution in [0.1, 0.15) is 29.5 Å². The Morgan fingerprint density at radius 1 is 1.16 bits per heavy atom. The second-order valence-corrected chi connectivity index (χ2v) is 8.69. The van der Waals surface area contributed by atoms with Crippen LogP contribution in [0.2, 0.25) is 0 Å². The average molecular weight is 430 g/mol. The van der Waals surface area contributed by atoms with Crippen molar-refractivity contribution in [3.63, 3.8) is 0 Å². The van der Waals surface area contributed by atoms with Crippen LogP contribution >= 0.6 is 0 Å². The first-order valence-electron chi connectivity index (χ1n) is 10.8. The number of halogens is 1. The van der Waals surface area contributed by atoms with E-state index < -0.39 is 0 Å². The van der Waals surface area contributed by atoms with Gasteiger partial charge in [0, 0.05) is 60.2 Å². The van der Waals surface area contributed by atoms with Gasteiger partial charge in [0.2, 0.25) is 0 Å². The van der Waals surface area contributed by atoms with Gasteiger partial charge in [0.05, 0.1) is 17.6 Å². The molecule has 1 aliphatic heterocycles. The summed E-state index contributed by atoms with van der Waals surface area (Å²) in [4.78, 5) is 4.39. The number of anilines is 1. The molecule has 32 heavy (non-hydrogen) atoms. The lowest BCUT2D eigenvalue weighted by molar-refractivity contribution is 0.307. The van der Waals surface area contributed by atoms with Gasteiger partial charge in [-0.2, -0.15) is 10.2 Å². The van der Waals surface area contributed by atoms with Crippen LogP contribution in [0, 0.1) is 11.7 Å². The van der Waals surface area contributed by atoms with Crippen LogP contribution in [-0.4, -0.2) is 24.5 Å². The van der Waals surface area contributed by atoms with Gasteiger partial charge in [0.25, 0.3) is 0 Å². The molecule has 2 bridgehead atoms. The minimum absolute atomic E-state index is 0.159. The Bertz CT molecular complexity index is 1340. The predicted octanol–water partition coefficient (Wildman–Crippen LogP) is 3.96. The van der Waals surface area contributed by atoms with E-state index in [1.807, 2.05) is 25.5 Å². The summed E-state index contributed by atoms with van der Waals surface area (Å²) in [5.74, 6) is 1.13. The first-order chi connectivity index (χ1) is 15.5. The van der Waals surface area contributed by atoms with E-state index in [0.29, 0.717) is 29.5 Å². The molecule has 2 N–H and O–H groups in total. The second kappa shape index (κ2) is 7.19. The molecule has 4 heterocycles. The van der Waals surface area contributed by atoms with Gasteiger partial charge in [-0.1, -0.05) is 0 Å². The zero-order chi connectivity index (χ0) is 21.8. The van der Waals surface area contributed by atoms with Gasteiger partial charge in [-0.05, 0) is 43.0 Å². The lowest BCUT2D eigenvalue weighted by atomic mass is 9.97. The van der Waals surface area contributed by atoms with Crippen molar-refractivity contribution >= 4 is 5.82 Å². The lowest BCUT2D eigenvalue weighted by Crippen LogP contribution is -2.07. The van der Waals surface area contributed by atoms with Crippen molar-refractivity contribution in [3.8, 4) is 28.3 Å². The minimum atomic E-state index is -0.319. The van der Waals surface area contributed by atoms with E-state index in [1.165, 1.54) is 25.0 Å². The fraction of sp³-hybridized carbons (Fsp3) is 0.292. The van der Waals surface area contributed by atoms with Crippen LogP contribution in [0.5, 0.6) is 5.75 Å². The molecule has 1 fully saturated rings. The Morgan fingerprint density at radius 2 is 2.03 bits per heavy atom. The summed E-state index contributed by atoms with van der Waals surface area (Å²) < 4.78 is 24.0. The molecule has 0 amide bonds. The lowest BCUT2D eigenvalue weighted by Gasteiger charge is -2.16. The maximum Gasteiger partial charge on any atom is 0.166 e. The largest absolute Gasteiger partial charge is 0.485 e. The van der Waals surface area contributed by atoms with Gasteiger partial charge < -0.3 is 10.5 Å². The number of benzene rings is 1. The summed E-state index contributed by atoms with van der Waals surface area (Å²) >= 11 is 0. The van der Waals surface area contributed by atoms with Crippen molar-refractivity contribution in [1.29, 1.82) is 0 Å². The fourth-order valence-electron chi connectivity index (χ4n) is 4.44. The van der Waals surface area contributed by atoms with E-state index in [2.05, 4.69) is 9.67 Å². The molecule has 0 atom stereocenters. The van der Waals surface area contributed by atoms with Gasteiger partial charge >= 0.3 is 0 Å². The van der Waals surface area contributed by atoms with Crippen molar-refractivity contribution in [2.24, 2.45) is 13.0 Å². The topological polar surface area (TPSA) is 83.8 Å². The molecule has 4 aromatic rings. The summed E-state index contributed by atoms with van der Waals surface area (Å²) in [6.45, 7) is 1.05. The highest BCUT2D eigenvalue weighted by atomic mass is 19.1. The summed E-state index contributed by atoms with van der Waals surface area (Å²) in [5.41, 5.74) is 12.6. The standard InChI is InChI=1S/C24H23FN6O/c1-30-12-17-6-15-10-28-31(11-14-2-3-14)23(15)16-8-21(24(26)27-9-16)32-13-18-7-19(25)4-5-20(18)22(17)29-30/h4-5,7-10,12,14H,2-3,6,11,13H2,1H3,(H2,26,27). The number of rotatable bonds is 2. The summed E-state index contributed by atoms with van der Waals surface area (Å²) in [5, 5.41) is 9.43. The highest BCUT2D eigenvalue weighted by Crippen LogP contribution is 2.37. The van der Waals surface area contributed by atoms with Gasteiger partial charge in [-0.15, -0.1) is 0 Å². The number of aryl methyl sites for hydroxylation is 1. The van der Waals surface area contributed by atoms with Crippen LogP contribution in [0.15, 0.2) is 42.9 Å². The van der Waals surface area contributed by atoms with E-state index in [0.717, 1.165) is 40.2 Å². The normalized spacial score (nSPS) is 15.1. The molecular formula is C24H23FN6O. The van der Waals surface area contributed by atoms with Gasteiger partial charge in [-0.25, -0.2) is 9.37 Å². The van der Waals surface area contributed by atoms with Crippen LogP contribution in [0.25, 0.3) is 22.5 Å². The number of nitrogens with two attached hydrogens (primary N) is 1. The summed E-state index contributed by atoms with van der Waals surface area (Å²) in [6, 6.07) is 6.63. The van der Waals surface area contributed by atoms with Crippen molar-refractivity contribution in [2.45, 2.75) is 32.4 Å². The van der Waals surface area contributed by atoms with E-state index >= 15 is 0 Å². The Balaban J connectivity index is 1.57. The van der Waals surface area contributed by atoms with Gasteiger partial charge in [0.1, 0.15) is 12.4 Å². The third-order valence-electron chi connectivity index (χ3n) is 6.19. The number of nitrogens with zero attached hydrogens (tertiary/aromatic N) is 5. The molecule has 3 aromatic heterocycles. The highest BCUT2D eigenvalue weighted by Gasteiger charge is 2.26. The molecule has 0 saturated heterocycles. The fourth-order valence-corrected chi connectivity index (χ4v) is 4.44. The number of fused-ring (bicyclic) bond motifs is 7. The molecule has 1 aliphatic carbocycles. The Kier molecular flexibility index (Phi) is 4.28. The summed E-state index contributed by atoms with van der Waals surface area (Å²) in [7, 11) is 1.90. The molecule has 1 saturated carbocycles. The van der Waals surface area contributed by atoms with Crippen molar-refractivity contribution in [2.75, 3.05) is 5.73 Å². The third-order valence-corrected chi connectivity index (χ3v) is 6.19. The maximum absolute atomic E-state index is 14.1. The number of nitrogen functional groups attached to an aromatic ring is 1. The molecule has 1 aromatic carbocycles. The molecule has 8 heteroatoms. The highest BCUT2D eigenvalue weighted by molar-refractivity contribution is 5.71. The molecule has 2 aliphatic rings. The van der Waals surface area contributed by atoms with Crippen molar-refractivity contribution in [1.82, 2.24) is 24.5 Å². The first-order valence-corrected chi connectivity index (χ1v) is 10.8. The van der Waals surface area contributed by atoms with E-state index in [1.54, 1.807) is 16.9 Å². The number of hydrogen-bond acceptors (Lipinski definition) is 5. The first kappa shape index (κ1) is 19.0. The summed E-state index contributed by atoms with van der Waals surface area (Å²) in [6.07, 6.45) is 8.86. The molecule has 162 valence electrons.